The maximum atomic E-state index is 5.96. The molecule has 0 bridgehead atoms. The van der Waals surface area contributed by atoms with Crippen molar-refractivity contribution in [2.45, 2.75) is 32.3 Å². The van der Waals surface area contributed by atoms with E-state index < -0.39 is 0 Å². The van der Waals surface area contributed by atoms with E-state index in [9.17, 15) is 0 Å². The highest BCUT2D eigenvalue weighted by Crippen LogP contribution is 2.35. The highest BCUT2D eigenvalue weighted by molar-refractivity contribution is 5.64. The number of aromatic amines is 1. The topological polar surface area (TPSA) is 63.9 Å². The summed E-state index contributed by atoms with van der Waals surface area (Å²) in [6.07, 6.45) is 2.08. The van der Waals surface area contributed by atoms with E-state index in [0.717, 1.165) is 29.8 Å². The number of rotatable bonds is 1. The van der Waals surface area contributed by atoms with Crippen LogP contribution in [0.4, 0.5) is 5.82 Å². The van der Waals surface area contributed by atoms with Gasteiger partial charge in [0.1, 0.15) is 17.2 Å². The van der Waals surface area contributed by atoms with Gasteiger partial charge in [0.25, 0.3) is 0 Å². The first-order valence-corrected chi connectivity index (χ1v) is 6.17. The Morgan fingerprint density at radius 2 is 2.17 bits per heavy atom. The molecule has 2 aromatic rings. The van der Waals surface area contributed by atoms with Gasteiger partial charge in [0, 0.05) is 11.6 Å². The van der Waals surface area contributed by atoms with E-state index in [4.69, 9.17) is 10.5 Å². The molecular weight excluding hydrogens is 226 g/mol. The van der Waals surface area contributed by atoms with E-state index in [0.29, 0.717) is 5.82 Å². The third-order valence-corrected chi connectivity index (χ3v) is 3.35. The lowest BCUT2D eigenvalue weighted by Crippen LogP contribution is -2.32. The Kier molecular flexibility index (Phi) is 2.33. The molecule has 2 heterocycles. The molecule has 0 fully saturated rings. The van der Waals surface area contributed by atoms with Crippen LogP contribution >= 0.6 is 0 Å². The molecule has 1 aliphatic rings. The molecule has 1 aliphatic heterocycles. The van der Waals surface area contributed by atoms with Gasteiger partial charge in [0.15, 0.2) is 0 Å². The molecule has 0 atom stereocenters. The summed E-state index contributed by atoms with van der Waals surface area (Å²) in [4.78, 5) is 0. The molecule has 3 N–H and O–H groups in total. The fourth-order valence-corrected chi connectivity index (χ4v) is 2.31. The van der Waals surface area contributed by atoms with E-state index in [1.165, 1.54) is 5.56 Å². The van der Waals surface area contributed by atoms with E-state index in [1.807, 2.05) is 18.2 Å². The van der Waals surface area contributed by atoms with Crippen LogP contribution in [-0.4, -0.2) is 15.8 Å². The molecule has 94 valence electrons. The third kappa shape index (κ3) is 1.94. The van der Waals surface area contributed by atoms with Crippen molar-refractivity contribution in [2.75, 3.05) is 5.73 Å². The van der Waals surface area contributed by atoms with Gasteiger partial charge in [0.05, 0.1) is 5.69 Å². The molecule has 3 rings (SSSR count). The Labute approximate surface area is 106 Å². The minimum absolute atomic E-state index is 0.0626. The van der Waals surface area contributed by atoms with Crippen molar-refractivity contribution < 1.29 is 4.74 Å². The number of nitrogens with one attached hydrogen (secondary N) is 1. The number of anilines is 1. The molecule has 1 aromatic carbocycles. The first kappa shape index (κ1) is 11.1. The van der Waals surface area contributed by atoms with Gasteiger partial charge in [-0.05, 0) is 50.5 Å². The maximum Gasteiger partial charge on any atom is 0.145 e. The summed E-state index contributed by atoms with van der Waals surface area (Å²) >= 11 is 0. The molecule has 0 spiro atoms. The average molecular weight is 243 g/mol. The number of hydrogen-bond donors (Lipinski definition) is 2. The van der Waals surface area contributed by atoms with Crippen LogP contribution in [0.5, 0.6) is 5.75 Å². The van der Waals surface area contributed by atoms with Crippen molar-refractivity contribution in [1.82, 2.24) is 10.2 Å². The van der Waals surface area contributed by atoms with Crippen LogP contribution in [0, 0.1) is 0 Å². The fourth-order valence-electron chi connectivity index (χ4n) is 2.31. The monoisotopic (exact) mass is 243 g/mol. The molecule has 0 saturated heterocycles. The third-order valence-electron chi connectivity index (χ3n) is 3.35. The zero-order chi connectivity index (χ0) is 12.8. The van der Waals surface area contributed by atoms with E-state index in [-0.39, 0.29) is 5.60 Å². The zero-order valence-electron chi connectivity index (χ0n) is 10.7. The fraction of sp³-hybridized carbons (Fsp3) is 0.357. The van der Waals surface area contributed by atoms with Gasteiger partial charge >= 0.3 is 0 Å². The number of nitrogens with two attached hydrogens (primary N) is 1. The predicted octanol–water partition coefficient (Wildman–Crippen LogP) is 2.76. The van der Waals surface area contributed by atoms with Crippen molar-refractivity contribution in [2.24, 2.45) is 0 Å². The maximum absolute atomic E-state index is 5.96. The number of hydrogen-bond acceptors (Lipinski definition) is 3. The van der Waals surface area contributed by atoms with Crippen molar-refractivity contribution in [3.8, 4) is 17.0 Å². The van der Waals surface area contributed by atoms with Gasteiger partial charge in [0.2, 0.25) is 0 Å². The molecule has 4 nitrogen and oxygen atoms in total. The Hall–Kier alpha value is -1.97. The molecule has 0 amide bonds. The summed E-state index contributed by atoms with van der Waals surface area (Å²) in [5.74, 6) is 1.50. The lowest BCUT2D eigenvalue weighted by Gasteiger charge is -2.32. The smallest absolute Gasteiger partial charge is 0.145 e. The van der Waals surface area contributed by atoms with Gasteiger partial charge in [-0.25, -0.2) is 0 Å². The Morgan fingerprint density at radius 3 is 2.89 bits per heavy atom. The van der Waals surface area contributed by atoms with Crippen LogP contribution in [0.25, 0.3) is 11.3 Å². The second kappa shape index (κ2) is 3.77. The van der Waals surface area contributed by atoms with Gasteiger partial charge < -0.3 is 10.5 Å². The number of aromatic nitrogens is 2. The summed E-state index contributed by atoms with van der Waals surface area (Å²) in [5.41, 5.74) is 8.85. The lowest BCUT2D eigenvalue weighted by atomic mass is 9.93. The van der Waals surface area contributed by atoms with Crippen molar-refractivity contribution >= 4 is 5.82 Å². The zero-order valence-corrected chi connectivity index (χ0v) is 10.7. The van der Waals surface area contributed by atoms with Gasteiger partial charge in [-0.2, -0.15) is 5.10 Å². The molecule has 0 unspecified atom stereocenters. The number of aryl methyl sites for hydroxylation is 1. The average Bonchev–Trinajstić information content (AvgIpc) is 2.74. The van der Waals surface area contributed by atoms with Crippen molar-refractivity contribution in [1.29, 1.82) is 0 Å². The van der Waals surface area contributed by atoms with Crippen LogP contribution in [0.15, 0.2) is 24.3 Å². The second-order valence-corrected chi connectivity index (χ2v) is 5.39. The summed E-state index contributed by atoms with van der Waals surface area (Å²) in [6, 6.07) is 8.06. The largest absolute Gasteiger partial charge is 0.488 e. The van der Waals surface area contributed by atoms with Crippen LogP contribution < -0.4 is 10.5 Å². The molecular formula is C14H17N3O. The van der Waals surface area contributed by atoms with Gasteiger partial charge in [-0.1, -0.05) is 0 Å². The summed E-state index contributed by atoms with van der Waals surface area (Å²) in [6.45, 7) is 4.25. The van der Waals surface area contributed by atoms with Crippen LogP contribution in [-0.2, 0) is 6.42 Å². The Bertz CT molecular complexity index is 586. The molecule has 1 aromatic heterocycles. The van der Waals surface area contributed by atoms with Crippen LogP contribution in [0.3, 0.4) is 0 Å². The second-order valence-electron chi connectivity index (χ2n) is 5.39. The highest BCUT2D eigenvalue weighted by atomic mass is 16.5. The minimum atomic E-state index is -0.0626. The van der Waals surface area contributed by atoms with Gasteiger partial charge in [-0.15, -0.1) is 0 Å². The molecule has 0 saturated carbocycles. The molecule has 18 heavy (non-hydrogen) atoms. The van der Waals surface area contributed by atoms with Crippen LogP contribution in [0.2, 0.25) is 0 Å². The van der Waals surface area contributed by atoms with Crippen molar-refractivity contribution in [3.63, 3.8) is 0 Å². The lowest BCUT2D eigenvalue weighted by molar-refractivity contribution is 0.0847. The highest BCUT2D eigenvalue weighted by Gasteiger charge is 2.26. The number of fused-ring (bicyclic) bond motifs is 1. The van der Waals surface area contributed by atoms with E-state index >= 15 is 0 Å². The summed E-state index contributed by atoms with van der Waals surface area (Å²) in [5, 5.41) is 6.88. The number of nitrogens with zero attached hydrogens (tertiary/aromatic N) is 1. The molecule has 0 aliphatic carbocycles. The SMILES string of the molecule is CC1(C)CCc2cc(-c3cc(N)n[nH]3)ccc2O1. The molecule has 4 heteroatoms. The normalized spacial score (nSPS) is 17.0. The summed E-state index contributed by atoms with van der Waals surface area (Å²) in [7, 11) is 0. The van der Waals surface area contributed by atoms with Crippen LogP contribution in [0.1, 0.15) is 25.8 Å². The number of benzene rings is 1. The van der Waals surface area contributed by atoms with Gasteiger partial charge in [-0.3, -0.25) is 5.10 Å². The molecule has 0 radical (unpaired) electrons. The standard InChI is InChI=1S/C14H17N3O/c1-14(2)6-5-10-7-9(3-4-12(10)18-14)11-8-13(15)17-16-11/h3-4,7-8H,5-6H2,1-2H3,(H3,15,16,17). The predicted molar refractivity (Wildman–Crippen MR) is 71.5 cm³/mol. The number of ether oxygens (including phenoxy) is 1. The first-order chi connectivity index (χ1) is 8.53. The Morgan fingerprint density at radius 1 is 1.33 bits per heavy atom. The number of H-pyrrole nitrogens is 1. The summed E-state index contributed by atoms with van der Waals surface area (Å²) < 4.78 is 5.96. The minimum Gasteiger partial charge on any atom is -0.488 e. The quantitative estimate of drug-likeness (QED) is 0.809. The Balaban J connectivity index is 1.97. The first-order valence-electron chi connectivity index (χ1n) is 6.17. The number of nitrogen functional groups attached to an aromatic ring is 1. The van der Waals surface area contributed by atoms with Crippen molar-refractivity contribution in [3.05, 3.63) is 29.8 Å². The van der Waals surface area contributed by atoms with E-state index in [1.54, 1.807) is 0 Å². The van der Waals surface area contributed by atoms with E-state index in [2.05, 4.69) is 30.1 Å².